The van der Waals surface area contributed by atoms with Gasteiger partial charge in [0, 0.05) is 10.7 Å². The number of halogens is 2. The van der Waals surface area contributed by atoms with Crippen molar-refractivity contribution < 1.29 is 9.18 Å². The summed E-state index contributed by atoms with van der Waals surface area (Å²) in [6.45, 7) is 0. The van der Waals surface area contributed by atoms with E-state index in [1.165, 1.54) is 24.5 Å². The molecule has 0 aliphatic carbocycles. The van der Waals surface area contributed by atoms with E-state index in [-0.39, 0.29) is 11.4 Å². The summed E-state index contributed by atoms with van der Waals surface area (Å²) < 4.78 is 13.5. The summed E-state index contributed by atoms with van der Waals surface area (Å²) in [7, 11) is 0. The van der Waals surface area contributed by atoms with Gasteiger partial charge in [-0.05, 0) is 30.3 Å². The predicted molar refractivity (Wildman–Crippen MR) is 91.1 cm³/mol. The number of benzene rings is 2. The molecule has 7 heteroatoms. The lowest BCUT2D eigenvalue weighted by Crippen LogP contribution is -2.15. The van der Waals surface area contributed by atoms with E-state index in [2.05, 4.69) is 20.6 Å². The number of carbonyl (C=O) groups is 1. The molecule has 2 N–H and O–H groups in total. The molecule has 120 valence electrons. The SMILES string of the molecule is O=C(Nc1ccccc1F)c1cnc(Nc2cccc(Cl)c2)cn1. The fourth-order valence-electron chi connectivity index (χ4n) is 1.97. The lowest BCUT2D eigenvalue weighted by molar-refractivity contribution is 0.102. The smallest absolute Gasteiger partial charge is 0.275 e. The second-order valence-electron chi connectivity index (χ2n) is 4.86. The van der Waals surface area contributed by atoms with Crippen LogP contribution >= 0.6 is 11.6 Å². The molecule has 0 unspecified atom stereocenters. The molecule has 0 aliphatic heterocycles. The Kier molecular flexibility index (Phi) is 4.67. The molecule has 0 spiro atoms. The maximum atomic E-state index is 13.5. The monoisotopic (exact) mass is 342 g/mol. The third kappa shape index (κ3) is 3.85. The normalized spacial score (nSPS) is 10.2. The molecule has 0 atom stereocenters. The average Bonchev–Trinajstić information content (AvgIpc) is 2.57. The second kappa shape index (κ2) is 7.06. The van der Waals surface area contributed by atoms with Gasteiger partial charge in [0.05, 0.1) is 18.1 Å². The van der Waals surface area contributed by atoms with E-state index in [9.17, 15) is 9.18 Å². The number of carbonyl (C=O) groups excluding carboxylic acids is 1. The Labute approximate surface area is 142 Å². The zero-order valence-electron chi connectivity index (χ0n) is 12.3. The first-order chi connectivity index (χ1) is 11.6. The standard InChI is InChI=1S/C17H12ClFN4O/c18-11-4-3-5-12(8-11)22-16-10-20-15(9-21-16)17(24)23-14-7-2-1-6-13(14)19/h1-10H,(H,21,22)(H,23,24). The minimum absolute atomic E-state index is 0.0786. The highest BCUT2D eigenvalue weighted by Gasteiger charge is 2.11. The molecule has 2 aromatic carbocycles. The van der Waals surface area contributed by atoms with Gasteiger partial charge in [0.2, 0.25) is 0 Å². The fourth-order valence-corrected chi connectivity index (χ4v) is 2.16. The molecular formula is C17H12ClFN4O. The van der Waals surface area contributed by atoms with Crippen molar-refractivity contribution in [2.45, 2.75) is 0 Å². The van der Waals surface area contributed by atoms with Gasteiger partial charge in [-0.15, -0.1) is 0 Å². The van der Waals surface area contributed by atoms with E-state index in [4.69, 9.17) is 11.6 Å². The van der Waals surface area contributed by atoms with Gasteiger partial charge in [0.25, 0.3) is 5.91 Å². The molecule has 1 aromatic heterocycles. The third-order valence-electron chi connectivity index (χ3n) is 3.10. The van der Waals surface area contributed by atoms with Crippen LogP contribution in [-0.2, 0) is 0 Å². The number of hydrogen-bond donors (Lipinski definition) is 2. The van der Waals surface area contributed by atoms with Crippen LogP contribution in [0.15, 0.2) is 60.9 Å². The van der Waals surface area contributed by atoms with Crippen LogP contribution in [0, 0.1) is 5.82 Å². The first-order valence-electron chi connectivity index (χ1n) is 7.02. The van der Waals surface area contributed by atoms with Crippen LogP contribution in [0.25, 0.3) is 0 Å². The van der Waals surface area contributed by atoms with Gasteiger partial charge in [0.15, 0.2) is 0 Å². The Balaban J connectivity index is 1.70. The number of rotatable bonds is 4. The van der Waals surface area contributed by atoms with Crippen LogP contribution in [0.5, 0.6) is 0 Å². The van der Waals surface area contributed by atoms with Gasteiger partial charge in [0.1, 0.15) is 17.3 Å². The number of aromatic nitrogens is 2. The van der Waals surface area contributed by atoms with Crippen molar-refractivity contribution in [3.63, 3.8) is 0 Å². The van der Waals surface area contributed by atoms with E-state index in [0.29, 0.717) is 10.8 Å². The summed E-state index contributed by atoms with van der Waals surface area (Å²) in [5.74, 6) is -0.598. The van der Waals surface area contributed by atoms with Crippen molar-refractivity contribution in [1.82, 2.24) is 9.97 Å². The molecule has 1 amide bonds. The fraction of sp³-hybridized carbons (Fsp3) is 0. The van der Waals surface area contributed by atoms with E-state index in [1.54, 1.807) is 30.3 Å². The topological polar surface area (TPSA) is 66.9 Å². The Morgan fingerprint density at radius 2 is 1.88 bits per heavy atom. The molecule has 0 aliphatic rings. The highest BCUT2D eigenvalue weighted by molar-refractivity contribution is 6.30. The van der Waals surface area contributed by atoms with E-state index >= 15 is 0 Å². The average molecular weight is 343 g/mol. The number of para-hydroxylation sites is 1. The van der Waals surface area contributed by atoms with Gasteiger partial charge < -0.3 is 10.6 Å². The maximum Gasteiger partial charge on any atom is 0.275 e. The van der Waals surface area contributed by atoms with Crippen LogP contribution in [0.3, 0.4) is 0 Å². The number of anilines is 3. The molecule has 24 heavy (non-hydrogen) atoms. The minimum atomic E-state index is -0.540. The molecule has 3 rings (SSSR count). The van der Waals surface area contributed by atoms with Crippen molar-refractivity contribution in [2.75, 3.05) is 10.6 Å². The lowest BCUT2D eigenvalue weighted by atomic mass is 10.3. The van der Waals surface area contributed by atoms with Gasteiger partial charge in [-0.1, -0.05) is 29.8 Å². The van der Waals surface area contributed by atoms with E-state index < -0.39 is 11.7 Å². The summed E-state index contributed by atoms with van der Waals surface area (Å²) in [6.07, 6.45) is 2.72. The summed E-state index contributed by atoms with van der Waals surface area (Å²) in [4.78, 5) is 20.2. The lowest BCUT2D eigenvalue weighted by Gasteiger charge is -2.07. The second-order valence-corrected chi connectivity index (χ2v) is 5.29. The first kappa shape index (κ1) is 15.9. The molecular weight excluding hydrogens is 331 g/mol. The molecule has 0 fully saturated rings. The van der Waals surface area contributed by atoms with Crippen molar-refractivity contribution in [2.24, 2.45) is 0 Å². The quantitative estimate of drug-likeness (QED) is 0.743. The zero-order valence-corrected chi connectivity index (χ0v) is 13.1. The van der Waals surface area contributed by atoms with E-state index in [0.717, 1.165) is 5.69 Å². The molecule has 0 radical (unpaired) electrons. The summed E-state index contributed by atoms with van der Waals surface area (Å²) in [6, 6.07) is 13.0. The van der Waals surface area contributed by atoms with E-state index in [1.807, 2.05) is 6.07 Å². The number of amides is 1. The van der Waals surface area contributed by atoms with Crippen molar-refractivity contribution in [1.29, 1.82) is 0 Å². The van der Waals surface area contributed by atoms with Crippen LogP contribution in [0.1, 0.15) is 10.5 Å². The largest absolute Gasteiger partial charge is 0.339 e. The number of nitrogens with one attached hydrogen (secondary N) is 2. The van der Waals surface area contributed by atoms with Gasteiger partial charge in [-0.25, -0.2) is 14.4 Å². The molecule has 0 saturated heterocycles. The van der Waals surface area contributed by atoms with Crippen LogP contribution in [0.4, 0.5) is 21.6 Å². The van der Waals surface area contributed by atoms with Crippen molar-refractivity contribution >= 4 is 34.7 Å². The summed E-state index contributed by atoms with van der Waals surface area (Å²) in [5, 5.41) is 6.06. The van der Waals surface area contributed by atoms with Gasteiger partial charge >= 0.3 is 0 Å². The third-order valence-corrected chi connectivity index (χ3v) is 3.34. The van der Waals surface area contributed by atoms with Crippen LogP contribution in [-0.4, -0.2) is 15.9 Å². The first-order valence-corrected chi connectivity index (χ1v) is 7.40. The van der Waals surface area contributed by atoms with Crippen LogP contribution < -0.4 is 10.6 Å². The predicted octanol–water partition coefficient (Wildman–Crippen LogP) is 4.27. The Hall–Kier alpha value is -2.99. The Bertz CT molecular complexity index is 870. The number of nitrogens with zero attached hydrogens (tertiary/aromatic N) is 2. The number of hydrogen-bond acceptors (Lipinski definition) is 4. The zero-order chi connectivity index (χ0) is 16.9. The molecule has 0 saturated carbocycles. The summed E-state index contributed by atoms with van der Waals surface area (Å²) in [5.41, 5.74) is 0.917. The van der Waals surface area contributed by atoms with Gasteiger partial charge in [-0.2, -0.15) is 0 Å². The van der Waals surface area contributed by atoms with Crippen molar-refractivity contribution in [3.05, 3.63) is 77.5 Å². The van der Waals surface area contributed by atoms with Gasteiger partial charge in [-0.3, -0.25) is 4.79 Å². The molecule has 0 bridgehead atoms. The molecule has 5 nitrogen and oxygen atoms in total. The summed E-state index contributed by atoms with van der Waals surface area (Å²) >= 11 is 5.91. The molecule has 3 aromatic rings. The highest BCUT2D eigenvalue weighted by atomic mass is 35.5. The Morgan fingerprint density at radius 1 is 1.04 bits per heavy atom. The highest BCUT2D eigenvalue weighted by Crippen LogP contribution is 2.18. The maximum absolute atomic E-state index is 13.5. The Morgan fingerprint density at radius 3 is 2.58 bits per heavy atom. The molecule has 1 heterocycles. The minimum Gasteiger partial charge on any atom is -0.339 e. The van der Waals surface area contributed by atoms with Crippen LogP contribution in [0.2, 0.25) is 5.02 Å². The van der Waals surface area contributed by atoms with Crippen molar-refractivity contribution in [3.8, 4) is 0 Å².